The summed E-state index contributed by atoms with van der Waals surface area (Å²) in [6, 6.07) is 13.4. The number of carbonyl (C=O) groups excluding carboxylic acids is 1. The zero-order valence-corrected chi connectivity index (χ0v) is 19.4. The number of aryl methyl sites for hydroxylation is 1. The molecule has 2 aromatic carbocycles. The second kappa shape index (κ2) is 9.50. The van der Waals surface area contributed by atoms with Gasteiger partial charge in [0.15, 0.2) is 5.78 Å². The van der Waals surface area contributed by atoms with Crippen molar-refractivity contribution in [3.05, 3.63) is 71.3 Å². The Labute approximate surface area is 194 Å². The van der Waals surface area contributed by atoms with E-state index in [1.807, 2.05) is 24.5 Å². The number of hydrogen-bond donors (Lipinski definition) is 0. The van der Waals surface area contributed by atoms with Crippen molar-refractivity contribution < 1.29 is 23.1 Å². The Bertz CT molecular complexity index is 1290. The molecule has 4 rings (SSSR count). The molecule has 4 aromatic rings. The van der Waals surface area contributed by atoms with Crippen molar-refractivity contribution in [2.24, 2.45) is 0 Å². The number of Topliss-reactive ketones (excluding diaryl/α,β-unsaturated/α-hetero) is 1. The van der Waals surface area contributed by atoms with Crippen molar-refractivity contribution in [1.82, 2.24) is 14.8 Å². The van der Waals surface area contributed by atoms with Gasteiger partial charge in [-0.15, -0.1) is 10.2 Å². The Morgan fingerprint density at radius 3 is 2.45 bits per heavy atom. The van der Waals surface area contributed by atoms with Crippen molar-refractivity contribution in [3.63, 3.8) is 0 Å². The summed E-state index contributed by atoms with van der Waals surface area (Å²) in [6.45, 7) is 3.73. The molecule has 9 heteroatoms. The molecule has 0 fully saturated rings. The molecule has 0 aliphatic rings. The van der Waals surface area contributed by atoms with Crippen LogP contribution >= 0.6 is 11.8 Å². The molecule has 2 aromatic heterocycles. The molecule has 0 saturated carbocycles. The summed E-state index contributed by atoms with van der Waals surface area (Å²) in [4.78, 5) is 12.9. The van der Waals surface area contributed by atoms with Crippen LogP contribution in [0.5, 0.6) is 11.5 Å². The first-order valence-corrected chi connectivity index (χ1v) is 11.1. The fourth-order valence-corrected chi connectivity index (χ4v) is 4.22. The minimum Gasteiger partial charge on any atom is -0.497 e. The Hall–Kier alpha value is -3.59. The largest absolute Gasteiger partial charge is 0.497 e. The lowest BCUT2D eigenvalue weighted by molar-refractivity contribution is 0.102. The minimum absolute atomic E-state index is 0.0847. The summed E-state index contributed by atoms with van der Waals surface area (Å²) < 4.78 is 31.8. The Morgan fingerprint density at radius 2 is 1.79 bits per heavy atom. The lowest BCUT2D eigenvalue weighted by atomic mass is 10.2. The summed E-state index contributed by atoms with van der Waals surface area (Å²) in [7, 11) is 3.12. The van der Waals surface area contributed by atoms with Gasteiger partial charge in [-0.2, -0.15) is 0 Å². The normalized spacial score (nSPS) is 10.9. The van der Waals surface area contributed by atoms with E-state index in [0.29, 0.717) is 34.2 Å². The van der Waals surface area contributed by atoms with Crippen LogP contribution in [-0.4, -0.2) is 40.5 Å². The number of carbonyl (C=O) groups is 1. The van der Waals surface area contributed by atoms with Gasteiger partial charge in [-0.3, -0.25) is 4.79 Å². The van der Waals surface area contributed by atoms with Gasteiger partial charge in [0, 0.05) is 34.3 Å². The highest BCUT2D eigenvalue weighted by atomic mass is 32.2. The van der Waals surface area contributed by atoms with Gasteiger partial charge in [-0.25, -0.2) is 4.39 Å². The Morgan fingerprint density at radius 1 is 1.06 bits per heavy atom. The fraction of sp³-hybridized carbons (Fsp3) is 0.208. The van der Waals surface area contributed by atoms with Crippen LogP contribution in [0, 0.1) is 19.7 Å². The van der Waals surface area contributed by atoms with Gasteiger partial charge in [-0.1, -0.05) is 17.8 Å². The predicted molar refractivity (Wildman–Crippen MR) is 123 cm³/mol. The molecule has 0 unspecified atom stereocenters. The molecule has 0 bridgehead atoms. The van der Waals surface area contributed by atoms with Gasteiger partial charge >= 0.3 is 0 Å². The van der Waals surface area contributed by atoms with Crippen LogP contribution in [0.2, 0.25) is 0 Å². The number of halogens is 1. The standard InChI is InChI=1S/C24H22FN3O4S/c1-14-8-21(15(2)28(14)18-7-5-6-17(25)11-18)22(29)13-33-24-27-26-23(32-24)16-9-19(30-3)12-20(10-16)31-4/h5-12H,13H2,1-4H3. The van der Waals surface area contributed by atoms with E-state index in [4.69, 9.17) is 13.9 Å². The van der Waals surface area contributed by atoms with Crippen LogP contribution in [0.25, 0.3) is 17.1 Å². The van der Waals surface area contributed by atoms with Gasteiger partial charge in [-0.05, 0) is 50.2 Å². The number of hydrogen-bond acceptors (Lipinski definition) is 7. The smallest absolute Gasteiger partial charge is 0.277 e. The van der Waals surface area contributed by atoms with Gasteiger partial charge in [0.05, 0.1) is 20.0 Å². The van der Waals surface area contributed by atoms with Crippen molar-refractivity contribution in [1.29, 1.82) is 0 Å². The highest BCUT2D eigenvalue weighted by Crippen LogP contribution is 2.31. The van der Waals surface area contributed by atoms with Gasteiger partial charge in [0.1, 0.15) is 17.3 Å². The van der Waals surface area contributed by atoms with E-state index >= 15 is 0 Å². The summed E-state index contributed by atoms with van der Waals surface area (Å²) in [6.07, 6.45) is 0. The van der Waals surface area contributed by atoms with Crippen LogP contribution in [0.15, 0.2) is 58.2 Å². The van der Waals surface area contributed by atoms with Gasteiger partial charge < -0.3 is 18.5 Å². The van der Waals surface area contributed by atoms with Crippen LogP contribution < -0.4 is 9.47 Å². The van der Waals surface area contributed by atoms with E-state index < -0.39 is 0 Å². The van der Waals surface area contributed by atoms with E-state index in [0.717, 1.165) is 23.1 Å². The topological polar surface area (TPSA) is 79.4 Å². The Kier molecular flexibility index (Phi) is 6.50. The molecule has 0 saturated heterocycles. The number of rotatable bonds is 8. The number of aromatic nitrogens is 3. The third kappa shape index (κ3) is 4.78. The molecular weight excluding hydrogens is 445 g/mol. The summed E-state index contributed by atoms with van der Waals surface area (Å²) >= 11 is 1.16. The molecular formula is C24H22FN3O4S. The van der Waals surface area contributed by atoms with Crippen LogP contribution in [0.3, 0.4) is 0 Å². The highest BCUT2D eigenvalue weighted by Gasteiger charge is 2.19. The molecule has 0 amide bonds. The average Bonchev–Trinajstić information content (AvgIpc) is 3.41. The van der Waals surface area contributed by atoms with E-state index in [1.54, 1.807) is 44.6 Å². The molecule has 0 aliphatic heterocycles. The highest BCUT2D eigenvalue weighted by molar-refractivity contribution is 7.99. The Balaban J connectivity index is 1.50. The van der Waals surface area contributed by atoms with Crippen LogP contribution in [0.4, 0.5) is 4.39 Å². The first kappa shape index (κ1) is 22.6. The molecule has 7 nitrogen and oxygen atoms in total. The predicted octanol–water partition coefficient (Wildman–Crippen LogP) is 5.28. The third-order valence-electron chi connectivity index (χ3n) is 5.13. The maximum absolute atomic E-state index is 13.7. The maximum atomic E-state index is 13.7. The molecule has 2 heterocycles. The fourth-order valence-electron chi connectivity index (χ4n) is 3.58. The van der Waals surface area contributed by atoms with Crippen LogP contribution in [-0.2, 0) is 0 Å². The second-order valence-electron chi connectivity index (χ2n) is 7.29. The SMILES string of the molecule is COc1cc(OC)cc(-c2nnc(SCC(=O)c3cc(C)n(-c4cccc(F)c4)c3C)o2)c1. The van der Waals surface area contributed by atoms with Crippen molar-refractivity contribution >= 4 is 17.5 Å². The molecule has 0 radical (unpaired) electrons. The first-order chi connectivity index (χ1) is 15.9. The van der Waals surface area contributed by atoms with E-state index in [2.05, 4.69) is 10.2 Å². The second-order valence-corrected chi connectivity index (χ2v) is 8.21. The van der Waals surface area contributed by atoms with E-state index in [9.17, 15) is 9.18 Å². The van der Waals surface area contributed by atoms with E-state index in [1.165, 1.54) is 12.1 Å². The lowest BCUT2D eigenvalue weighted by Gasteiger charge is -2.09. The maximum Gasteiger partial charge on any atom is 0.277 e. The molecule has 0 atom stereocenters. The summed E-state index contributed by atoms with van der Waals surface area (Å²) in [5.41, 5.74) is 3.49. The van der Waals surface area contributed by atoms with Gasteiger partial charge in [0.25, 0.3) is 5.22 Å². The van der Waals surface area contributed by atoms with E-state index in [-0.39, 0.29) is 22.6 Å². The summed E-state index contributed by atoms with van der Waals surface area (Å²) in [5, 5.41) is 8.39. The third-order valence-corrected chi connectivity index (χ3v) is 5.95. The monoisotopic (exact) mass is 467 g/mol. The van der Waals surface area contributed by atoms with Crippen molar-refractivity contribution in [3.8, 4) is 28.6 Å². The number of benzene rings is 2. The molecule has 0 N–H and O–H groups in total. The van der Waals surface area contributed by atoms with Gasteiger partial charge in [0.2, 0.25) is 5.89 Å². The molecule has 0 spiro atoms. The van der Waals surface area contributed by atoms with Crippen molar-refractivity contribution in [2.75, 3.05) is 20.0 Å². The zero-order chi connectivity index (χ0) is 23.5. The lowest BCUT2D eigenvalue weighted by Crippen LogP contribution is -2.05. The minimum atomic E-state index is -0.329. The van der Waals surface area contributed by atoms with Crippen LogP contribution in [0.1, 0.15) is 21.7 Å². The molecule has 170 valence electrons. The zero-order valence-electron chi connectivity index (χ0n) is 18.6. The first-order valence-electron chi connectivity index (χ1n) is 10.1. The van der Waals surface area contributed by atoms with Crippen molar-refractivity contribution in [2.45, 2.75) is 19.1 Å². The number of methoxy groups -OCH3 is 2. The molecule has 0 aliphatic carbocycles. The quantitative estimate of drug-likeness (QED) is 0.258. The number of thioether (sulfide) groups is 1. The summed E-state index contributed by atoms with van der Waals surface area (Å²) in [5.74, 6) is 1.20. The number of ketones is 1. The average molecular weight is 468 g/mol. The number of ether oxygens (including phenoxy) is 2. The molecule has 33 heavy (non-hydrogen) atoms. The number of nitrogens with zero attached hydrogens (tertiary/aromatic N) is 3.